The van der Waals surface area contributed by atoms with Crippen LogP contribution in [0.15, 0.2) is 24.3 Å². The Kier molecular flexibility index (Phi) is 4.68. The molecule has 1 rings (SSSR count). The molecule has 88 valence electrons. The molecule has 1 unspecified atom stereocenters. The second kappa shape index (κ2) is 6.04. The van der Waals surface area contributed by atoms with E-state index in [0.717, 1.165) is 0 Å². The maximum atomic E-state index is 12.8. The molecular weight excluding hydrogens is 217 g/mol. The van der Waals surface area contributed by atoms with Crippen molar-refractivity contribution in [2.45, 2.75) is 12.5 Å². The minimum Gasteiger partial charge on any atom is -0.464 e. The number of aliphatic hydroxyl groups excluding tert-OH is 1. The third-order valence-electron chi connectivity index (χ3n) is 1.89. The minimum atomic E-state index is -1.31. The van der Waals surface area contributed by atoms with E-state index in [1.54, 1.807) is 11.5 Å². The van der Waals surface area contributed by atoms with Gasteiger partial charge in [0.2, 0.25) is 0 Å². The van der Waals surface area contributed by atoms with Gasteiger partial charge < -0.3 is 10.2 Å². The molecule has 0 fully saturated rings. The molecule has 1 amide bonds. The largest absolute Gasteiger partial charge is 0.464 e. The lowest BCUT2D eigenvalue weighted by atomic mass is 10.1. The van der Waals surface area contributed by atoms with Crippen LogP contribution in [-0.4, -0.2) is 22.9 Å². The molecule has 0 radical (unpaired) electrons. The summed E-state index contributed by atoms with van der Waals surface area (Å²) in [6, 6.07) is 5.57. The fourth-order valence-corrected chi connectivity index (χ4v) is 1.16. The predicted octanol–water partition coefficient (Wildman–Crippen LogP) is 1.45. The summed E-state index contributed by atoms with van der Waals surface area (Å²) in [6.45, 7) is 0.00395. The number of nitrogens with one attached hydrogen (secondary N) is 1. The fourth-order valence-electron chi connectivity index (χ4n) is 1.16. The first-order chi connectivity index (χ1) is 7.59. The fraction of sp³-hybridized carbons (Fsp3) is 0.300. The summed E-state index contributed by atoms with van der Waals surface area (Å²) in [5.74, 6) is -0.430. The molecule has 1 aromatic carbocycles. The molecule has 1 atom stereocenters. The molecule has 3 N–H and O–H groups in total. The van der Waals surface area contributed by atoms with Crippen LogP contribution in [-0.2, 0) is 4.84 Å². The number of carboxylic acid groups (broad SMARTS) is 1. The quantitative estimate of drug-likeness (QED) is 0.527. The number of rotatable bonds is 5. The van der Waals surface area contributed by atoms with Crippen molar-refractivity contribution in [2.75, 3.05) is 6.61 Å². The Morgan fingerprint density at radius 1 is 1.56 bits per heavy atom. The van der Waals surface area contributed by atoms with Crippen molar-refractivity contribution in [1.29, 1.82) is 0 Å². The van der Waals surface area contributed by atoms with Gasteiger partial charge in [0, 0.05) is 6.42 Å². The molecule has 1 aromatic rings. The molecular formula is C10H12FNO4. The van der Waals surface area contributed by atoms with Crippen LogP contribution in [0.5, 0.6) is 0 Å². The van der Waals surface area contributed by atoms with Crippen LogP contribution in [0.25, 0.3) is 0 Å². The highest BCUT2D eigenvalue weighted by atomic mass is 19.1. The standard InChI is InChI=1S/C10H12FNO4/c11-8-3-1-2-7(6-8)9(13)4-5-16-12-10(14)15/h1-3,6,9,12-13H,4-5H2,(H,14,15). The van der Waals surface area contributed by atoms with Gasteiger partial charge in [0.1, 0.15) is 5.82 Å². The van der Waals surface area contributed by atoms with Crippen molar-refractivity contribution < 1.29 is 24.2 Å². The highest BCUT2D eigenvalue weighted by molar-refractivity contribution is 5.62. The third-order valence-corrected chi connectivity index (χ3v) is 1.89. The molecule has 0 spiro atoms. The van der Waals surface area contributed by atoms with Crippen molar-refractivity contribution in [3.05, 3.63) is 35.6 Å². The summed E-state index contributed by atoms with van der Waals surface area (Å²) in [6.07, 6.45) is -2.02. The SMILES string of the molecule is O=C(O)NOCCC(O)c1cccc(F)c1. The lowest BCUT2D eigenvalue weighted by Crippen LogP contribution is -2.22. The van der Waals surface area contributed by atoms with Gasteiger partial charge >= 0.3 is 6.09 Å². The van der Waals surface area contributed by atoms with Gasteiger partial charge in [-0.1, -0.05) is 12.1 Å². The van der Waals surface area contributed by atoms with Crippen LogP contribution in [0, 0.1) is 5.82 Å². The summed E-state index contributed by atoms with van der Waals surface area (Å²) < 4.78 is 12.8. The Morgan fingerprint density at radius 2 is 2.31 bits per heavy atom. The van der Waals surface area contributed by atoms with E-state index < -0.39 is 18.0 Å². The van der Waals surface area contributed by atoms with Crippen LogP contribution in [0.4, 0.5) is 9.18 Å². The van der Waals surface area contributed by atoms with Crippen molar-refractivity contribution >= 4 is 6.09 Å². The number of hydrogen-bond donors (Lipinski definition) is 3. The van der Waals surface area contributed by atoms with Crippen molar-refractivity contribution in [3.63, 3.8) is 0 Å². The summed E-state index contributed by atoms with van der Waals surface area (Å²) in [7, 11) is 0. The second-order valence-electron chi connectivity index (χ2n) is 3.12. The van der Waals surface area contributed by atoms with Crippen molar-refractivity contribution in [3.8, 4) is 0 Å². The number of halogens is 1. The third kappa shape index (κ3) is 4.24. The maximum absolute atomic E-state index is 12.8. The predicted molar refractivity (Wildman–Crippen MR) is 53.1 cm³/mol. The van der Waals surface area contributed by atoms with Gasteiger partial charge in [-0.05, 0) is 17.7 Å². The van der Waals surface area contributed by atoms with E-state index in [4.69, 9.17) is 5.11 Å². The highest BCUT2D eigenvalue weighted by Gasteiger charge is 2.08. The van der Waals surface area contributed by atoms with Crippen LogP contribution < -0.4 is 5.48 Å². The van der Waals surface area contributed by atoms with Crippen LogP contribution in [0.2, 0.25) is 0 Å². The number of amides is 1. The van der Waals surface area contributed by atoms with E-state index in [0.29, 0.717) is 5.56 Å². The lowest BCUT2D eigenvalue weighted by molar-refractivity contribution is 0.0212. The van der Waals surface area contributed by atoms with E-state index in [2.05, 4.69) is 4.84 Å². The van der Waals surface area contributed by atoms with Gasteiger partial charge in [-0.15, -0.1) is 0 Å². The van der Waals surface area contributed by atoms with Crippen LogP contribution in [0.3, 0.4) is 0 Å². The first kappa shape index (κ1) is 12.4. The molecule has 6 heteroatoms. The highest BCUT2D eigenvalue weighted by Crippen LogP contribution is 2.16. The minimum absolute atomic E-state index is 0.00395. The molecule has 0 aromatic heterocycles. The molecule has 0 aliphatic carbocycles. The summed E-state index contributed by atoms with van der Waals surface area (Å²) in [4.78, 5) is 14.5. The summed E-state index contributed by atoms with van der Waals surface area (Å²) in [5, 5.41) is 17.8. The molecule has 16 heavy (non-hydrogen) atoms. The monoisotopic (exact) mass is 229 g/mol. The first-order valence-electron chi connectivity index (χ1n) is 4.64. The normalized spacial score (nSPS) is 12.1. The zero-order valence-electron chi connectivity index (χ0n) is 8.39. The van der Waals surface area contributed by atoms with Gasteiger partial charge in [-0.25, -0.2) is 9.18 Å². The molecule has 0 aliphatic rings. The summed E-state index contributed by atoms with van der Waals surface area (Å²) in [5.41, 5.74) is 2.12. The van der Waals surface area contributed by atoms with Crippen molar-refractivity contribution in [2.24, 2.45) is 0 Å². The first-order valence-corrected chi connectivity index (χ1v) is 4.64. The Balaban J connectivity index is 2.35. The second-order valence-corrected chi connectivity index (χ2v) is 3.12. The number of carbonyl (C=O) groups is 1. The van der Waals surface area contributed by atoms with Gasteiger partial charge in [0.25, 0.3) is 0 Å². The van der Waals surface area contributed by atoms with Gasteiger partial charge in [0.05, 0.1) is 12.7 Å². The van der Waals surface area contributed by atoms with Gasteiger partial charge in [-0.3, -0.25) is 4.84 Å². The van der Waals surface area contributed by atoms with Gasteiger partial charge in [0.15, 0.2) is 0 Å². The molecule has 0 heterocycles. The average Bonchev–Trinajstić information content (AvgIpc) is 2.24. The van der Waals surface area contributed by atoms with Crippen molar-refractivity contribution in [1.82, 2.24) is 5.48 Å². The van der Waals surface area contributed by atoms with Crippen LogP contribution in [0.1, 0.15) is 18.1 Å². The zero-order valence-corrected chi connectivity index (χ0v) is 8.39. The Morgan fingerprint density at radius 3 is 2.94 bits per heavy atom. The molecule has 0 saturated carbocycles. The van der Waals surface area contributed by atoms with Crippen LogP contribution >= 0.6 is 0 Å². The number of hydroxylamine groups is 1. The molecule has 0 aliphatic heterocycles. The van der Waals surface area contributed by atoms with E-state index in [1.807, 2.05) is 0 Å². The Bertz CT molecular complexity index is 358. The van der Waals surface area contributed by atoms with E-state index in [9.17, 15) is 14.3 Å². The zero-order chi connectivity index (χ0) is 12.0. The molecule has 0 saturated heterocycles. The molecule has 5 nitrogen and oxygen atoms in total. The topological polar surface area (TPSA) is 78.8 Å². The maximum Gasteiger partial charge on any atom is 0.428 e. The Labute approximate surface area is 91.4 Å². The number of aliphatic hydroxyl groups is 1. The molecule has 0 bridgehead atoms. The number of hydrogen-bond acceptors (Lipinski definition) is 3. The smallest absolute Gasteiger partial charge is 0.428 e. The van der Waals surface area contributed by atoms with E-state index in [-0.39, 0.29) is 13.0 Å². The summed E-state index contributed by atoms with van der Waals surface area (Å²) >= 11 is 0. The lowest BCUT2D eigenvalue weighted by Gasteiger charge is -2.10. The van der Waals surface area contributed by atoms with Gasteiger partial charge in [-0.2, -0.15) is 5.48 Å². The average molecular weight is 229 g/mol. The Hall–Kier alpha value is -1.66. The van der Waals surface area contributed by atoms with E-state index >= 15 is 0 Å². The number of benzene rings is 1. The van der Waals surface area contributed by atoms with E-state index in [1.165, 1.54) is 18.2 Å².